The van der Waals surface area contributed by atoms with Gasteiger partial charge in [0.1, 0.15) is 5.75 Å². The molecule has 0 spiro atoms. The number of benzene rings is 2. The van der Waals surface area contributed by atoms with E-state index >= 15 is 0 Å². The molecule has 0 atom stereocenters. The van der Waals surface area contributed by atoms with E-state index < -0.39 is 0 Å². The molecule has 0 amide bonds. The monoisotopic (exact) mass is 426 g/mol. The van der Waals surface area contributed by atoms with Gasteiger partial charge >= 0.3 is 11.9 Å². The van der Waals surface area contributed by atoms with E-state index in [1.165, 1.54) is 51.4 Å². The first-order valence-corrected chi connectivity index (χ1v) is 12.0. The number of hydrogen-bond donors (Lipinski definition) is 0. The topological polar surface area (TPSA) is 52.6 Å². The molecule has 0 saturated carbocycles. The zero-order valence-electron chi connectivity index (χ0n) is 19.1. The molecule has 0 fully saturated rings. The maximum Gasteiger partial charge on any atom is 0.311 e. The minimum atomic E-state index is -0.322. The fourth-order valence-corrected chi connectivity index (χ4v) is 3.64. The minimum Gasteiger partial charge on any atom is -0.466 e. The Morgan fingerprint density at radius 3 is 2.00 bits per heavy atom. The van der Waals surface area contributed by atoms with Crippen molar-refractivity contribution in [3.8, 4) is 5.75 Å². The number of hydrogen-bond acceptors (Lipinski definition) is 4. The van der Waals surface area contributed by atoms with E-state index in [1.807, 2.05) is 36.4 Å². The Bertz CT molecular complexity index is 784. The van der Waals surface area contributed by atoms with E-state index in [0.717, 1.165) is 23.6 Å². The predicted octanol–water partition coefficient (Wildman–Crippen LogP) is 7.38. The van der Waals surface area contributed by atoms with Gasteiger partial charge in [0.25, 0.3) is 0 Å². The lowest BCUT2D eigenvalue weighted by Gasteiger charge is -2.07. The van der Waals surface area contributed by atoms with Crippen LogP contribution < -0.4 is 4.74 Å². The van der Waals surface area contributed by atoms with E-state index in [0.29, 0.717) is 18.8 Å². The molecule has 4 heteroatoms. The van der Waals surface area contributed by atoms with Crippen LogP contribution in [0.25, 0.3) is 10.8 Å². The van der Waals surface area contributed by atoms with Crippen LogP contribution in [0.4, 0.5) is 0 Å². The van der Waals surface area contributed by atoms with Crippen LogP contribution in [0.15, 0.2) is 42.5 Å². The number of ether oxygens (including phenoxy) is 2. The van der Waals surface area contributed by atoms with Crippen molar-refractivity contribution in [1.29, 1.82) is 0 Å². The molecule has 4 nitrogen and oxygen atoms in total. The van der Waals surface area contributed by atoms with Gasteiger partial charge in [0.2, 0.25) is 0 Å². The van der Waals surface area contributed by atoms with E-state index in [4.69, 9.17) is 9.47 Å². The van der Waals surface area contributed by atoms with Crippen molar-refractivity contribution in [2.24, 2.45) is 0 Å². The molecule has 0 aliphatic heterocycles. The van der Waals surface area contributed by atoms with Crippen LogP contribution in [0, 0.1) is 0 Å². The Morgan fingerprint density at radius 1 is 0.677 bits per heavy atom. The van der Waals surface area contributed by atoms with Crippen LogP contribution in [0.1, 0.15) is 90.4 Å². The van der Waals surface area contributed by atoms with Gasteiger partial charge in [0.05, 0.1) is 6.61 Å². The van der Waals surface area contributed by atoms with Gasteiger partial charge in [-0.05, 0) is 35.7 Å². The van der Waals surface area contributed by atoms with E-state index in [9.17, 15) is 9.59 Å². The molecule has 0 aliphatic carbocycles. The maximum absolute atomic E-state index is 12.0. The van der Waals surface area contributed by atoms with Crippen LogP contribution in [0.3, 0.4) is 0 Å². The first-order valence-electron chi connectivity index (χ1n) is 12.0. The highest BCUT2D eigenvalue weighted by Gasteiger charge is 2.09. The second-order valence-corrected chi connectivity index (χ2v) is 8.24. The van der Waals surface area contributed by atoms with Gasteiger partial charge in [-0.15, -0.1) is 0 Å². The Morgan fingerprint density at radius 2 is 1.29 bits per heavy atom. The van der Waals surface area contributed by atoms with E-state index in [1.54, 1.807) is 6.07 Å². The largest absolute Gasteiger partial charge is 0.466 e. The number of esters is 2. The Balaban J connectivity index is 1.46. The molecule has 0 bridgehead atoms. The summed E-state index contributed by atoms with van der Waals surface area (Å²) in [7, 11) is 0. The van der Waals surface area contributed by atoms with Crippen LogP contribution in [0.2, 0.25) is 0 Å². The third-order valence-corrected chi connectivity index (χ3v) is 5.48. The molecule has 31 heavy (non-hydrogen) atoms. The average molecular weight is 427 g/mol. The Labute approximate surface area is 187 Å². The van der Waals surface area contributed by atoms with Gasteiger partial charge in [-0.25, -0.2) is 0 Å². The fraction of sp³-hybridized carbons (Fsp3) is 0.556. The molecule has 2 aromatic rings. The number of fused-ring (bicyclic) bond motifs is 1. The lowest BCUT2D eigenvalue weighted by atomic mass is 10.1. The smallest absolute Gasteiger partial charge is 0.311 e. The molecule has 0 aliphatic rings. The SMILES string of the molecule is CCCCCCCCCCCCOC(=O)CCCC(=O)Oc1ccc2ccccc2c1. The molecular weight excluding hydrogens is 388 g/mol. The summed E-state index contributed by atoms with van der Waals surface area (Å²) in [6.07, 6.45) is 13.5. The summed E-state index contributed by atoms with van der Waals surface area (Å²) in [5.41, 5.74) is 0. The normalized spacial score (nSPS) is 10.9. The third-order valence-electron chi connectivity index (χ3n) is 5.48. The second kappa shape index (κ2) is 15.4. The summed E-state index contributed by atoms with van der Waals surface area (Å²) in [5.74, 6) is -0.0144. The van der Waals surface area contributed by atoms with Crippen molar-refractivity contribution in [3.05, 3.63) is 42.5 Å². The molecule has 0 aromatic heterocycles. The highest BCUT2D eigenvalue weighted by atomic mass is 16.5. The highest BCUT2D eigenvalue weighted by molar-refractivity contribution is 5.84. The Hall–Kier alpha value is -2.36. The van der Waals surface area contributed by atoms with E-state index in [-0.39, 0.29) is 24.8 Å². The summed E-state index contributed by atoms with van der Waals surface area (Å²) in [4.78, 5) is 23.8. The van der Waals surface area contributed by atoms with Crippen molar-refractivity contribution in [3.63, 3.8) is 0 Å². The van der Waals surface area contributed by atoms with Crippen molar-refractivity contribution < 1.29 is 19.1 Å². The maximum atomic E-state index is 12.0. The summed E-state index contributed by atoms with van der Waals surface area (Å²) >= 11 is 0. The number of unbranched alkanes of at least 4 members (excludes halogenated alkanes) is 9. The summed E-state index contributed by atoms with van der Waals surface area (Å²) < 4.78 is 10.7. The van der Waals surface area contributed by atoms with Gasteiger partial charge in [-0.3, -0.25) is 9.59 Å². The number of carbonyl (C=O) groups is 2. The lowest BCUT2D eigenvalue weighted by molar-refractivity contribution is -0.144. The molecule has 0 unspecified atom stereocenters. The Kier molecular flexibility index (Phi) is 12.4. The minimum absolute atomic E-state index is 0.209. The van der Waals surface area contributed by atoms with Gasteiger partial charge in [0.15, 0.2) is 0 Å². The number of carbonyl (C=O) groups excluding carboxylic acids is 2. The zero-order valence-corrected chi connectivity index (χ0v) is 19.1. The molecule has 2 aromatic carbocycles. The van der Waals surface area contributed by atoms with Gasteiger partial charge < -0.3 is 9.47 Å². The van der Waals surface area contributed by atoms with Gasteiger partial charge in [-0.1, -0.05) is 95.0 Å². The summed E-state index contributed by atoms with van der Waals surface area (Å²) in [6, 6.07) is 13.5. The van der Waals surface area contributed by atoms with Crippen LogP contribution >= 0.6 is 0 Å². The van der Waals surface area contributed by atoms with Gasteiger partial charge in [0, 0.05) is 12.8 Å². The molecule has 0 heterocycles. The molecule has 0 radical (unpaired) electrons. The summed E-state index contributed by atoms with van der Waals surface area (Å²) in [5, 5.41) is 2.14. The van der Waals surface area contributed by atoms with Crippen molar-refractivity contribution in [2.45, 2.75) is 90.4 Å². The number of rotatable bonds is 16. The first-order chi connectivity index (χ1) is 15.2. The van der Waals surface area contributed by atoms with Crippen molar-refractivity contribution in [2.75, 3.05) is 6.61 Å². The molecule has 0 saturated heterocycles. The van der Waals surface area contributed by atoms with Crippen LogP contribution in [-0.2, 0) is 14.3 Å². The molecule has 0 N–H and O–H groups in total. The van der Waals surface area contributed by atoms with Crippen molar-refractivity contribution >= 4 is 22.7 Å². The highest BCUT2D eigenvalue weighted by Crippen LogP contribution is 2.21. The average Bonchev–Trinajstić information content (AvgIpc) is 2.77. The fourth-order valence-electron chi connectivity index (χ4n) is 3.64. The lowest BCUT2D eigenvalue weighted by Crippen LogP contribution is -2.10. The summed E-state index contributed by atoms with van der Waals surface area (Å²) in [6.45, 7) is 2.73. The standard InChI is InChI=1S/C27H38O4/c1-2-3-4-5-6-7-8-9-10-13-21-30-26(28)17-14-18-27(29)31-25-20-19-23-15-11-12-16-24(23)22-25/h11-12,15-16,19-20,22H,2-10,13-14,17-18,21H2,1H3. The second-order valence-electron chi connectivity index (χ2n) is 8.24. The molecule has 2 rings (SSSR count). The predicted molar refractivity (Wildman–Crippen MR) is 126 cm³/mol. The van der Waals surface area contributed by atoms with Crippen LogP contribution in [0.5, 0.6) is 5.75 Å². The third kappa shape index (κ3) is 11.0. The van der Waals surface area contributed by atoms with Gasteiger partial charge in [-0.2, -0.15) is 0 Å². The van der Waals surface area contributed by atoms with Crippen molar-refractivity contribution in [1.82, 2.24) is 0 Å². The molecule has 170 valence electrons. The van der Waals surface area contributed by atoms with E-state index in [2.05, 4.69) is 6.92 Å². The first kappa shape index (κ1) is 24.9. The zero-order chi connectivity index (χ0) is 22.2. The quantitative estimate of drug-likeness (QED) is 0.160. The van der Waals surface area contributed by atoms with Crippen LogP contribution in [-0.4, -0.2) is 18.5 Å². The molecular formula is C27H38O4.